The van der Waals surface area contributed by atoms with Gasteiger partial charge in [-0.3, -0.25) is 0 Å². The maximum Gasteiger partial charge on any atom is 0.338 e. The van der Waals surface area contributed by atoms with Gasteiger partial charge in [0.25, 0.3) is 0 Å². The Morgan fingerprint density at radius 1 is 1.33 bits per heavy atom. The Balaban J connectivity index is 2.25. The Morgan fingerprint density at radius 3 is 2.71 bits per heavy atom. The van der Waals surface area contributed by atoms with Crippen molar-refractivity contribution in [2.45, 2.75) is 0 Å². The van der Waals surface area contributed by atoms with Gasteiger partial charge in [0.2, 0.25) is 0 Å². The number of nitriles is 1. The van der Waals surface area contributed by atoms with Crippen LogP contribution in [0.2, 0.25) is 0 Å². The number of allylic oxidation sites excluding steroid dienone is 1. The molecule has 1 N–H and O–H groups in total. The van der Waals surface area contributed by atoms with Gasteiger partial charge < -0.3 is 9.84 Å². The molecule has 0 unspecified atom stereocenters. The molecular weight excluding hydrogens is 270 g/mol. The van der Waals surface area contributed by atoms with Crippen molar-refractivity contribution in [1.82, 2.24) is 9.97 Å². The zero-order chi connectivity index (χ0) is 15.1. The zero-order valence-corrected chi connectivity index (χ0v) is 10.9. The number of para-hydroxylation sites is 1. The van der Waals surface area contributed by atoms with Gasteiger partial charge in [-0.25, -0.2) is 14.8 Å². The molecule has 1 aromatic heterocycles. The lowest BCUT2D eigenvalue weighted by Gasteiger charge is -2.08. The summed E-state index contributed by atoms with van der Waals surface area (Å²) in [5.41, 5.74) is 0.675. The van der Waals surface area contributed by atoms with Gasteiger partial charge in [-0.05, 0) is 18.2 Å². The fourth-order valence-corrected chi connectivity index (χ4v) is 1.59. The van der Waals surface area contributed by atoms with Crippen molar-refractivity contribution >= 4 is 5.97 Å². The molecule has 104 valence electrons. The van der Waals surface area contributed by atoms with E-state index in [4.69, 9.17) is 15.1 Å². The maximum atomic E-state index is 10.8. The van der Waals surface area contributed by atoms with E-state index in [1.165, 1.54) is 18.5 Å². The first-order valence-electron chi connectivity index (χ1n) is 6.04. The molecule has 0 bridgehead atoms. The molecule has 2 aromatic rings. The van der Waals surface area contributed by atoms with Gasteiger partial charge in [-0.15, -0.1) is 0 Å². The van der Waals surface area contributed by atoms with Gasteiger partial charge in [-0.2, -0.15) is 5.26 Å². The summed E-state index contributed by atoms with van der Waals surface area (Å²) in [4.78, 5) is 18.8. The summed E-state index contributed by atoms with van der Waals surface area (Å²) in [6.45, 7) is 0.248. The van der Waals surface area contributed by atoms with Crippen LogP contribution in [0.1, 0.15) is 10.4 Å². The molecule has 0 atom stereocenters. The van der Waals surface area contributed by atoms with Crippen molar-refractivity contribution in [3.63, 3.8) is 0 Å². The molecule has 0 amide bonds. The summed E-state index contributed by atoms with van der Waals surface area (Å²) >= 11 is 0. The van der Waals surface area contributed by atoms with E-state index in [2.05, 4.69) is 9.97 Å². The summed E-state index contributed by atoms with van der Waals surface area (Å²) in [6.07, 6.45) is 5.42. The van der Waals surface area contributed by atoms with Crippen LogP contribution in [0.5, 0.6) is 5.75 Å². The lowest BCUT2D eigenvalue weighted by atomic mass is 10.2. The number of carbonyl (C=O) groups is 1. The highest BCUT2D eigenvalue weighted by Crippen LogP contribution is 2.26. The summed E-state index contributed by atoms with van der Waals surface area (Å²) in [5, 5.41) is 17.2. The highest BCUT2D eigenvalue weighted by Gasteiger charge is 2.10. The number of carboxylic acids is 1. The molecule has 1 heterocycles. The number of aromatic nitrogens is 2. The first-order valence-corrected chi connectivity index (χ1v) is 6.04. The summed E-state index contributed by atoms with van der Waals surface area (Å²) in [5.74, 6) is -0.143. The van der Waals surface area contributed by atoms with Crippen molar-refractivity contribution in [1.29, 1.82) is 5.26 Å². The van der Waals surface area contributed by atoms with Crippen molar-refractivity contribution in [3.8, 4) is 23.2 Å². The van der Waals surface area contributed by atoms with Gasteiger partial charge in [-0.1, -0.05) is 12.1 Å². The van der Waals surface area contributed by atoms with Crippen molar-refractivity contribution in [3.05, 3.63) is 54.4 Å². The van der Waals surface area contributed by atoms with Crippen molar-refractivity contribution < 1.29 is 14.6 Å². The van der Waals surface area contributed by atoms with Gasteiger partial charge >= 0.3 is 5.97 Å². The normalized spacial score (nSPS) is 10.2. The highest BCUT2D eigenvalue weighted by atomic mass is 16.5. The molecular formula is C15H11N3O3. The van der Waals surface area contributed by atoms with Crippen molar-refractivity contribution in [2.24, 2.45) is 0 Å². The third-order valence-electron chi connectivity index (χ3n) is 2.55. The van der Waals surface area contributed by atoms with Crippen LogP contribution in [0.15, 0.2) is 48.8 Å². The molecule has 6 nitrogen and oxygen atoms in total. The van der Waals surface area contributed by atoms with E-state index in [1.807, 2.05) is 12.1 Å². The molecule has 2 rings (SSSR count). The molecule has 1 aromatic carbocycles. The lowest BCUT2D eigenvalue weighted by Crippen LogP contribution is -2.01. The highest BCUT2D eigenvalue weighted by molar-refractivity contribution is 5.87. The molecule has 0 aliphatic heterocycles. The minimum Gasteiger partial charge on any atom is -0.489 e. The Hall–Kier alpha value is -3.20. The maximum absolute atomic E-state index is 10.8. The fraction of sp³-hybridized carbons (Fsp3) is 0.0667. The number of ether oxygens (including phenoxy) is 1. The third kappa shape index (κ3) is 3.64. The smallest absolute Gasteiger partial charge is 0.338 e. The number of hydrogen-bond donors (Lipinski definition) is 1. The average molecular weight is 281 g/mol. The minimum atomic E-state index is -1.08. The number of benzene rings is 1. The van der Waals surface area contributed by atoms with Gasteiger partial charge in [0.1, 0.15) is 12.4 Å². The molecule has 0 radical (unpaired) electrons. The SMILES string of the molecule is N#CC=CCOc1ccccc1-c1ncc(C(=O)O)cn1. The molecule has 0 saturated carbocycles. The number of rotatable bonds is 5. The predicted molar refractivity (Wildman–Crippen MR) is 74.7 cm³/mol. The topological polar surface area (TPSA) is 96.1 Å². The van der Waals surface area contributed by atoms with E-state index in [0.29, 0.717) is 17.1 Å². The van der Waals surface area contributed by atoms with Crippen LogP contribution in [-0.2, 0) is 0 Å². The van der Waals surface area contributed by atoms with E-state index < -0.39 is 5.97 Å². The van der Waals surface area contributed by atoms with Gasteiger partial charge in [0.05, 0.1) is 17.2 Å². The molecule has 0 spiro atoms. The number of hydrogen-bond acceptors (Lipinski definition) is 5. The summed E-state index contributed by atoms with van der Waals surface area (Å²) in [6, 6.07) is 9.02. The molecule has 0 aliphatic carbocycles. The Labute approximate surface area is 121 Å². The van der Waals surface area contributed by atoms with Crippen LogP contribution in [0, 0.1) is 11.3 Å². The summed E-state index contributed by atoms with van der Waals surface area (Å²) in [7, 11) is 0. The van der Waals surface area contributed by atoms with Crippen LogP contribution in [0.3, 0.4) is 0 Å². The Morgan fingerprint density at radius 2 is 2.05 bits per heavy atom. The Bertz CT molecular complexity index is 703. The molecule has 21 heavy (non-hydrogen) atoms. The van der Waals surface area contributed by atoms with E-state index >= 15 is 0 Å². The molecule has 0 fully saturated rings. The van der Waals surface area contributed by atoms with E-state index in [1.54, 1.807) is 24.3 Å². The standard InChI is InChI=1S/C15H11N3O3/c16-7-3-4-8-21-13-6-2-1-5-12(13)14-17-9-11(10-18-14)15(19)20/h1-6,9-10H,8H2,(H,19,20). The third-order valence-corrected chi connectivity index (χ3v) is 2.55. The Kier molecular flexibility index (Phi) is 4.62. The molecule has 0 saturated heterocycles. The largest absolute Gasteiger partial charge is 0.489 e. The monoisotopic (exact) mass is 281 g/mol. The van der Waals surface area contributed by atoms with Crippen LogP contribution in [-0.4, -0.2) is 27.7 Å². The van der Waals surface area contributed by atoms with Gasteiger partial charge in [0, 0.05) is 18.5 Å². The fourth-order valence-electron chi connectivity index (χ4n) is 1.59. The van der Waals surface area contributed by atoms with Crippen LogP contribution in [0.4, 0.5) is 0 Å². The van der Waals surface area contributed by atoms with Crippen LogP contribution in [0.25, 0.3) is 11.4 Å². The van der Waals surface area contributed by atoms with Crippen LogP contribution < -0.4 is 4.74 Å². The minimum absolute atomic E-state index is 0.0223. The first-order chi connectivity index (χ1) is 10.2. The van der Waals surface area contributed by atoms with E-state index in [-0.39, 0.29) is 12.2 Å². The van der Waals surface area contributed by atoms with Crippen molar-refractivity contribution in [2.75, 3.05) is 6.61 Å². The predicted octanol–water partition coefficient (Wildman–Crippen LogP) is 2.30. The van der Waals surface area contributed by atoms with Gasteiger partial charge in [0.15, 0.2) is 5.82 Å². The second-order valence-corrected chi connectivity index (χ2v) is 3.94. The number of nitrogens with zero attached hydrogens (tertiary/aromatic N) is 3. The van der Waals surface area contributed by atoms with E-state index in [9.17, 15) is 4.79 Å². The lowest BCUT2D eigenvalue weighted by molar-refractivity contribution is 0.0696. The quantitative estimate of drug-likeness (QED) is 0.845. The van der Waals surface area contributed by atoms with E-state index in [0.717, 1.165) is 0 Å². The second kappa shape index (κ2) is 6.82. The molecule has 6 heteroatoms. The average Bonchev–Trinajstić information content (AvgIpc) is 2.52. The number of aromatic carboxylic acids is 1. The van der Waals surface area contributed by atoms with Crippen LogP contribution >= 0.6 is 0 Å². The number of carboxylic acid groups (broad SMARTS) is 1. The summed E-state index contributed by atoms with van der Waals surface area (Å²) < 4.78 is 5.54. The molecule has 0 aliphatic rings. The zero-order valence-electron chi connectivity index (χ0n) is 10.9. The second-order valence-electron chi connectivity index (χ2n) is 3.94. The first kappa shape index (κ1) is 14.2.